The molecule has 3 rings (SSSR count). The first kappa shape index (κ1) is 4.40. The van der Waals surface area contributed by atoms with Crippen molar-refractivity contribution in [3.05, 3.63) is 23.2 Å². The van der Waals surface area contributed by atoms with Crippen LogP contribution in [0.15, 0.2) is 12.1 Å². The molecule has 2 aliphatic rings. The molecular weight excluding hydrogens is 302 g/mol. The lowest BCUT2D eigenvalue weighted by Gasteiger charge is -2.43. The number of benzene rings is 1. The van der Waals surface area contributed by atoms with Gasteiger partial charge < -0.3 is 9.47 Å². The summed E-state index contributed by atoms with van der Waals surface area (Å²) in [7, 11) is -7.13. The zero-order valence-corrected chi connectivity index (χ0v) is 12.4. The lowest BCUT2D eigenvalue weighted by Crippen LogP contribution is -2.46. The van der Waals surface area contributed by atoms with Gasteiger partial charge in [-0.05, 0) is 41.9 Å². The monoisotopic (exact) mass is 355 g/mol. The van der Waals surface area contributed by atoms with E-state index in [1.54, 1.807) is 0 Å². The van der Waals surface area contributed by atoms with Crippen molar-refractivity contribution in [2.75, 3.05) is 27.1 Å². The van der Waals surface area contributed by atoms with Crippen molar-refractivity contribution in [3.63, 3.8) is 0 Å². The number of methoxy groups -OCH3 is 2. The number of Topliss-reactive ketones (excluding diaryl/α,β-unsaturated/α-hetero) is 1. The topological polar surface area (TPSA) is 38.8 Å². The molecule has 4 nitrogen and oxygen atoms in total. The van der Waals surface area contributed by atoms with Gasteiger partial charge >= 0.3 is 0 Å². The van der Waals surface area contributed by atoms with Crippen LogP contribution in [0.25, 0.3) is 0 Å². The number of hydrogen-bond donors (Lipinski definition) is 0. The van der Waals surface area contributed by atoms with Crippen molar-refractivity contribution in [1.82, 2.24) is 4.90 Å². The van der Waals surface area contributed by atoms with Crippen LogP contribution in [-0.4, -0.2) is 37.8 Å². The summed E-state index contributed by atoms with van der Waals surface area (Å²) in [5.41, 5.74) is -2.95. The van der Waals surface area contributed by atoms with Gasteiger partial charge in [-0.15, -0.1) is 0 Å². The number of carbonyl (C=O) groups is 1. The van der Waals surface area contributed by atoms with E-state index in [1.165, 1.54) is 0 Å². The first-order chi connectivity index (χ1) is 20.7. The van der Waals surface area contributed by atoms with Gasteiger partial charge in [0, 0.05) is 51.9 Å². The summed E-state index contributed by atoms with van der Waals surface area (Å²) in [4.78, 5) is 13.8. The third-order valence-corrected chi connectivity index (χ3v) is 3.31. The molecule has 1 aromatic rings. The van der Waals surface area contributed by atoms with Crippen LogP contribution >= 0.6 is 0 Å². The second-order valence-electron chi connectivity index (χ2n) is 4.72. The van der Waals surface area contributed by atoms with Gasteiger partial charge in [-0.1, -0.05) is 20.1 Å². The second kappa shape index (κ2) is 7.14. The second-order valence-corrected chi connectivity index (χ2v) is 4.72. The van der Waals surface area contributed by atoms with E-state index in [-0.39, 0.29) is 4.90 Å². The minimum Gasteiger partial charge on any atom is -0.493 e. The summed E-state index contributed by atoms with van der Waals surface area (Å²) in [6, 6.07) is -6.97. The molecule has 0 radical (unpaired) electrons. The molecule has 0 amide bonds. The predicted octanol–water partition coefficient (Wildman–Crippen LogP) is 3.63. The minimum absolute atomic E-state index is 0.263. The highest BCUT2D eigenvalue weighted by atomic mass is 16.5. The van der Waals surface area contributed by atoms with E-state index in [9.17, 15) is 6.17 Å². The van der Waals surface area contributed by atoms with Crippen LogP contribution in [0, 0.1) is 11.8 Å². The molecule has 0 spiro atoms. The highest BCUT2D eigenvalue weighted by molar-refractivity contribution is 5.83. The van der Waals surface area contributed by atoms with Crippen LogP contribution in [0.3, 0.4) is 0 Å². The fourth-order valence-corrected chi connectivity index (χ4v) is 2.17. The molecule has 3 unspecified atom stereocenters. The summed E-state index contributed by atoms with van der Waals surface area (Å²) in [5, 5.41) is 0. The van der Waals surface area contributed by atoms with E-state index in [4.69, 9.17) is 31.5 Å². The van der Waals surface area contributed by atoms with Crippen LogP contribution in [0.5, 0.6) is 11.5 Å². The first-order valence-electron chi connectivity index (χ1n) is 18.6. The molecule has 0 bridgehead atoms. The minimum atomic E-state index is -4.30. The van der Waals surface area contributed by atoms with E-state index in [1.807, 2.05) is 0 Å². The number of hydrogen-bond acceptors (Lipinski definition) is 4. The highest BCUT2D eigenvalue weighted by Crippen LogP contribution is 2.42. The average molecular weight is 356 g/mol. The van der Waals surface area contributed by atoms with Crippen molar-refractivity contribution < 1.29 is 47.2 Å². The Hall–Kier alpha value is -1.55. The maximum Gasteiger partial charge on any atom is 0.161 e. The molecule has 2 aliphatic heterocycles. The number of rotatable bonds is 5. The molecule has 132 valence electrons. The molecule has 24 heavy (non-hydrogen) atoms. The third kappa shape index (κ3) is 3.16. The normalized spacial score (nSPS) is 56.1. The lowest BCUT2D eigenvalue weighted by atomic mass is 9.79. The molecule has 2 heterocycles. The fourth-order valence-electron chi connectivity index (χ4n) is 2.17. The Morgan fingerprint density at radius 1 is 1.54 bits per heavy atom. The molecule has 0 saturated carbocycles. The Morgan fingerprint density at radius 2 is 2.33 bits per heavy atom. The predicted molar refractivity (Wildman–Crippen MR) is 94.8 cm³/mol. The van der Waals surface area contributed by atoms with E-state index in [0.717, 1.165) is 0 Å². The first-order valence-corrected chi connectivity index (χ1v) is 6.64. The van der Waals surface area contributed by atoms with E-state index in [0.29, 0.717) is 6.92 Å². The molecule has 4 heteroatoms. The number of fused-ring (bicyclic) bond motifs is 3. The Kier molecular flexibility index (Phi) is 1.31. The fraction of sp³-hybridized carbons (Fsp3) is 0.650. The molecule has 3 atom stereocenters. The molecule has 1 fully saturated rings. The van der Waals surface area contributed by atoms with Crippen LogP contribution < -0.4 is 9.47 Å². The van der Waals surface area contributed by atoms with Crippen LogP contribution in [0.4, 0.5) is 0 Å². The molecule has 0 aromatic heterocycles. The average Bonchev–Trinajstić information content (AvgIpc) is 2.84. The van der Waals surface area contributed by atoms with Gasteiger partial charge in [-0.25, -0.2) is 0 Å². The van der Waals surface area contributed by atoms with Crippen molar-refractivity contribution in [2.24, 2.45) is 11.8 Å². The standard InChI is InChI=1S/C20H29NO3/c1-5-13(2)8-15-12-21-7-6-14-9-19(23-3)20(24-4)10-16(14)17(21)11-18(15)22/h9-10,13,15,17H,5-8,11-12H2,1-4H3/i2D3,3D3,4D3,5D2,6D2,7D2,8D2,9D,10D,11D2,13D,15D,17D. The zero-order chi connectivity index (χ0) is 38.2. The molecule has 0 aliphatic carbocycles. The molecule has 1 aromatic carbocycles. The number of ether oxygens (including phenoxy) is 2. The summed E-state index contributed by atoms with van der Waals surface area (Å²) in [6.07, 6.45) is -15.8. The zero-order valence-electron chi connectivity index (χ0n) is 36.4. The molecule has 0 N–H and O–H groups in total. The smallest absolute Gasteiger partial charge is 0.161 e. The van der Waals surface area contributed by atoms with Gasteiger partial charge in [0.1, 0.15) is 5.78 Å². The summed E-state index contributed by atoms with van der Waals surface area (Å²) in [5.74, 6) is -13.4. The summed E-state index contributed by atoms with van der Waals surface area (Å²) in [6.45, 7) is -9.47. The quantitative estimate of drug-likeness (QED) is 0.808. The van der Waals surface area contributed by atoms with Crippen LogP contribution in [0.2, 0.25) is 0 Å². The Morgan fingerprint density at radius 3 is 3.04 bits per heavy atom. The Labute approximate surface area is 178 Å². The van der Waals surface area contributed by atoms with E-state index >= 15 is 0 Å². The van der Waals surface area contributed by atoms with Crippen molar-refractivity contribution >= 4 is 5.78 Å². The lowest BCUT2D eigenvalue weighted by molar-refractivity contribution is -0.129. The van der Waals surface area contributed by atoms with Gasteiger partial charge in [-0.3, -0.25) is 9.69 Å². The largest absolute Gasteiger partial charge is 0.493 e. The maximum absolute atomic E-state index is 14.0. The van der Waals surface area contributed by atoms with E-state index in [2.05, 4.69) is 9.47 Å². The van der Waals surface area contributed by atoms with Gasteiger partial charge in [-0.2, -0.15) is 0 Å². The van der Waals surface area contributed by atoms with Gasteiger partial charge in [0.05, 0.1) is 26.4 Å². The van der Waals surface area contributed by atoms with Crippen molar-refractivity contribution in [2.45, 2.75) is 45.3 Å². The van der Waals surface area contributed by atoms with Crippen LogP contribution in [0.1, 0.15) is 82.9 Å². The van der Waals surface area contributed by atoms with Gasteiger partial charge in [0.25, 0.3) is 0 Å². The number of nitrogens with zero attached hydrogens (tertiary/aromatic N) is 1. The van der Waals surface area contributed by atoms with Crippen LogP contribution in [-0.2, 0) is 11.2 Å². The maximum atomic E-state index is 14.0. The SMILES string of the molecule is [2H]c1c(OC([2H])([2H])[2H])c(OC([2H])([2H])[2H])c([2H])c2c1C([2H])([2H])C([2H])([2H])N1CC([2H])(C([2H])([2H])C([2H])(C([2H])([2H])[2H])C([2H])([2H])C)C(=O)C([2H])([2H])C21[2H]. The Balaban J connectivity index is 2.60. The summed E-state index contributed by atoms with van der Waals surface area (Å²) >= 11 is 0. The molecule has 1 saturated heterocycles. The third-order valence-electron chi connectivity index (χ3n) is 3.31. The Bertz CT molecular complexity index is 1490. The summed E-state index contributed by atoms with van der Waals surface area (Å²) < 4.78 is 207. The number of carbonyl (C=O) groups excluding carboxylic acids is 1. The number of piperidine rings is 1. The highest BCUT2D eigenvalue weighted by Gasteiger charge is 2.38. The van der Waals surface area contributed by atoms with Crippen molar-refractivity contribution in [1.29, 1.82) is 0 Å². The van der Waals surface area contributed by atoms with Gasteiger partial charge in [0.15, 0.2) is 11.5 Å². The molecular formula is C20H29NO3. The van der Waals surface area contributed by atoms with Crippen molar-refractivity contribution in [3.8, 4) is 11.5 Å². The van der Waals surface area contributed by atoms with E-state index < -0.39 is 118 Å². The number of ketones is 1. The van der Waals surface area contributed by atoms with Gasteiger partial charge in [0.2, 0.25) is 0 Å².